The molecule has 0 saturated carbocycles. The third kappa shape index (κ3) is 4.84. The van der Waals surface area contributed by atoms with Crippen molar-refractivity contribution in [1.29, 1.82) is 0 Å². The Kier molecular flexibility index (Phi) is 6.41. The molecule has 0 aromatic carbocycles. The van der Waals surface area contributed by atoms with Crippen LogP contribution in [0.4, 0.5) is 0 Å². The predicted molar refractivity (Wildman–Crippen MR) is 83.2 cm³/mol. The summed E-state index contributed by atoms with van der Waals surface area (Å²) in [6, 6.07) is 0. The Hall–Kier alpha value is -0.433. The largest absolute Gasteiger partial charge is 0.480 e. The molecule has 0 fully saturated rings. The molecule has 0 radical (unpaired) electrons. The van der Waals surface area contributed by atoms with Crippen LogP contribution in [-0.4, -0.2) is 42.7 Å². The van der Waals surface area contributed by atoms with E-state index in [4.69, 9.17) is 10.2 Å². The lowest BCUT2D eigenvalue weighted by molar-refractivity contribution is -0.148. The summed E-state index contributed by atoms with van der Waals surface area (Å²) in [6.45, 7) is 14.6. The van der Waals surface area contributed by atoms with Crippen LogP contribution in [0, 0.1) is 5.92 Å². The van der Waals surface area contributed by atoms with Crippen molar-refractivity contribution < 1.29 is 19.4 Å². The fourth-order valence-corrected chi connectivity index (χ4v) is 2.77. The summed E-state index contributed by atoms with van der Waals surface area (Å²) < 4.78 is 6.07. The summed E-state index contributed by atoms with van der Waals surface area (Å²) in [5.41, 5.74) is 4.20. The van der Waals surface area contributed by atoms with Crippen molar-refractivity contribution >= 4 is 14.3 Å². The van der Waals surface area contributed by atoms with Gasteiger partial charge >= 0.3 is 5.97 Å². The molecule has 0 saturated heterocycles. The average molecular weight is 305 g/mol. The Balaban J connectivity index is 4.66. The lowest BCUT2D eigenvalue weighted by atomic mass is 9.85. The van der Waals surface area contributed by atoms with Crippen molar-refractivity contribution in [3.8, 4) is 0 Å². The number of nitrogens with two attached hydrogens (primary N) is 1. The van der Waals surface area contributed by atoms with E-state index in [0.29, 0.717) is 6.61 Å². The van der Waals surface area contributed by atoms with Crippen LogP contribution in [0.25, 0.3) is 0 Å². The second-order valence-corrected chi connectivity index (χ2v) is 12.2. The molecule has 3 atom stereocenters. The lowest BCUT2D eigenvalue weighted by Crippen LogP contribution is -2.57. The average Bonchev–Trinajstić information content (AvgIpc) is 2.24. The maximum Gasteiger partial charge on any atom is 0.326 e. The second kappa shape index (κ2) is 6.55. The number of carbonyl (C=O) groups is 1. The Morgan fingerprint density at radius 1 is 1.30 bits per heavy atom. The molecule has 4 N–H and O–H groups in total. The first-order valence-electron chi connectivity index (χ1n) is 7.08. The van der Waals surface area contributed by atoms with Crippen molar-refractivity contribution in [3.05, 3.63) is 0 Å². The third-order valence-electron chi connectivity index (χ3n) is 4.36. The van der Waals surface area contributed by atoms with E-state index < -0.39 is 25.9 Å². The predicted octanol–water partition coefficient (Wildman–Crippen LogP) is 2.20. The molecule has 0 spiro atoms. The number of aliphatic hydroxyl groups is 1. The van der Waals surface area contributed by atoms with Crippen LogP contribution in [0.5, 0.6) is 0 Å². The first-order valence-corrected chi connectivity index (χ1v) is 9.99. The normalized spacial score (nSPS) is 19.2. The van der Waals surface area contributed by atoms with Crippen LogP contribution >= 0.6 is 0 Å². The van der Waals surface area contributed by atoms with E-state index in [9.17, 15) is 15.0 Å². The van der Waals surface area contributed by atoms with E-state index in [1.165, 1.54) is 6.92 Å². The third-order valence-corrected chi connectivity index (χ3v) is 8.87. The second-order valence-electron chi connectivity index (χ2n) is 7.40. The minimum atomic E-state index is -1.85. The van der Waals surface area contributed by atoms with E-state index >= 15 is 0 Å². The Bertz CT molecular complexity index is 339. The van der Waals surface area contributed by atoms with Crippen LogP contribution in [-0.2, 0) is 9.22 Å². The molecule has 0 aliphatic heterocycles. The van der Waals surface area contributed by atoms with Crippen molar-refractivity contribution in [2.45, 2.75) is 70.8 Å². The van der Waals surface area contributed by atoms with Crippen molar-refractivity contribution in [3.63, 3.8) is 0 Å². The van der Waals surface area contributed by atoms with Crippen LogP contribution in [0.15, 0.2) is 0 Å². The van der Waals surface area contributed by atoms with E-state index in [1.807, 2.05) is 6.92 Å². The van der Waals surface area contributed by atoms with E-state index in [0.717, 1.165) is 0 Å². The van der Waals surface area contributed by atoms with Gasteiger partial charge in [-0.2, -0.15) is 0 Å². The first kappa shape index (κ1) is 19.6. The zero-order valence-corrected chi connectivity index (χ0v) is 14.9. The van der Waals surface area contributed by atoms with Gasteiger partial charge in [-0.05, 0) is 37.4 Å². The number of aliphatic hydroxyl groups excluding tert-OH is 1. The topological polar surface area (TPSA) is 92.8 Å². The van der Waals surface area contributed by atoms with Gasteiger partial charge in [-0.1, -0.05) is 27.7 Å². The molecule has 20 heavy (non-hydrogen) atoms. The van der Waals surface area contributed by atoms with Gasteiger partial charge < -0.3 is 20.4 Å². The van der Waals surface area contributed by atoms with Crippen molar-refractivity contribution in [2.75, 3.05) is 6.61 Å². The highest BCUT2D eigenvalue weighted by atomic mass is 28.4. The van der Waals surface area contributed by atoms with Gasteiger partial charge in [-0.3, -0.25) is 4.79 Å². The SMILES string of the molecule is CC(CO[Si](C)(C)C(C)(C)C)CC(N)(C(=O)O)[C@@H](C)O. The molecule has 6 heteroatoms. The van der Waals surface area contributed by atoms with Gasteiger partial charge in [-0.25, -0.2) is 0 Å². The fourth-order valence-electron chi connectivity index (χ4n) is 1.64. The zero-order chi connectivity index (χ0) is 16.4. The summed E-state index contributed by atoms with van der Waals surface area (Å²) >= 11 is 0. The highest BCUT2D eigenvalue weighted by Crippen LogP contribution is 2.37. The fraction of sp³-hybridized carbons (Fsp3) is 0.929. The highest BCUT2D eigenvalue weighted by Gasteiger charge is 2.42. The Labute approximate surface area is 123 Å². The van der Waals surface area contributed by atoms with Crippen LogP contribution < -0.4 is 5.73 Å². The number of aliphatic carboxylic acids is 1. The summed E-state index contributed by atoms with van der Waals surface area (Å²) in [7, 11) is -1.85. The summed E-state index contributed by atoms with van der Waals surface area (Å²) in [5, 5.41) is 18.9. The minimum Gasteiger partial charge on any atom is -0.480 e. The maximum atomic E-state index is 11.2. The molecule has 120 valence electrons. The summed E-state index contributed by atoms with van der Waals surface area (Å²) in [5.74, 6) is -1.20. The van der Waals surface area contributed by atoms with Gasteiger partial charge in [0.15, 0.2) is 8.32 Å². The molecule has 2 unspecified atom stereocenters. The molecule has 0 aliphatic rings. The number of rotatable bonds is 7. The van der Waals surface area contributed by atoms with Gasteiger partial charge in [0.25, 0.3) is 0 Å². The van der Waals surface area contributed by atoms with Crippen LogP contribution in [0.1, 0.15) is 41.0 Å². The molecule has 0 aliphatic carbocycles. The quantitative estimate of drug-likeness (QED) is 0.627. The number of hydrogen-bond donors (Lipinski definition) is 3. The number of hydrogen-bond acceptors (Lipinski definition) is 4. The van der Waals surface area contributed by atoms with Gasteiger partial charge in [0, 0.05) is 6.61 Å². The molecule has 0 amide bonds. The summed E-state index contributed by atoms with van der Waals surface area (Å²) in [6.07, 6.45) is -0.912. The van der Waals surface area contributed by atoms with Gasteiger partial charge in [0.2, 0.25) is 0 Å². The van der Waals surface area contributed by atoms with Gasteiger partial charge in [0.05, 0.1) is 6.10 Å². The Morgan fingerprint density at radius 2 is 1.75 bits per heavy atom. The highest BCUT2D eigenvalue weighted by molar-refractivity contribution is 6.74. The smallest absolute Gasteiger partial charge is 0.326 e. The van der Waals surface area contributed by atoms with E-state index in [1.54, 1.807) is 0 Å². The van der Waals surface area contributed by atoms with Crippen LogP contribution in [0.2, 0.25) is 18.1 Å². The number of carboxylic acids is 1. The lowest BCUT2D eigenvalue weighted by Gasteiger charge is -2.38. The molecular weight excluding hydrogens is 274 g/mol. The van der Waals surface area contributed by atoms with Crippen LogP contribution in [0.3, 0.4) is 0 Å². The van der Waals surface area contributed by atoms with Crippen molar-refractivity contribution in [1.82, 2.24) is 0 Å². The standard InChI is InChI=1S/C14H31NO4Si/c1-10(8-14(15,11(2)16)12(17)18)9-19-20(6,7)13(3,4)5/h10-11,16H,8-9,15H2,1-7H3,(H,17,18)/t10?,11-,14?/m1/s1. The van der Waals surface area contributed by atoms with E-state index in [-0.39, 0.29) is 17.4 Å². The number of carboxylic acid groups (broad SMARTS) is 1. The molecule has 5 nitrogen and oxygen atoms in total. The molecule has 0 heterocycles. The first-order chi connectivity index (χ1) is 8.74. The molecule has 0 aromatic heterocycles. The zero-order valence-electron chi connectivity index (χ0n) is 13.9. The minimum absolute atomic E-state index is 0.0279. The molecule has 0 rings (SSSR count). The Morgan fingerprint density at radius 3 is 2.05 bits per heavy atom. The van der Waals surface area contributed by atoms with Crippen molar-refractivity contribution in [2.24, 2.45) is 11.7 Å². The summed E-state index contributed by atoms with van der Waals surface area (Å²) in [4.78, 5) is 11.2. The molecule has 0 aromatic rings. The molecular formula is C14H31NO4Si. The van der Waals surface area contributed by atoms with Gasteiger partial charge in [-0.15, -0.1) is 0 Å². The van der Waals surface area contributed by atoms with E-state index in [2.05, 4.69) is 33.9 Å². The van der Waals surface area contributed by atoms with Gasteiger partial charge in [0.1, 0.15) is 5.54 Å². The molecule has 0 bridgehead atoms. The maximum absolute atomic E-state index is 11.2. The monoisotopic (exact) mass is 305 g/mol.